The Morgan fingerprint density at radius 3 is 2.57 bits per heavy atom. The lowest BCUT2D eigenvalue weighted by atomic mass is 10.0. The molecule has 1 aromatic heterocycles. The molecule has 3 aromatic rings. The zero-order valence-electron chi connectivity index (χ0n) is 19.4. The highest BCUT2D eigenvalue weighted by molar-refractivity contribution is 5.90. The third-order valence-electron chi connectivity index (χ3n) is 6.25. The Bertz CT molecular complexity index is 1230. The van der Waals surface area contributed by atoms with Crippen LogP contribution in [0.3, 0.4) is 0 Å². The maximum Gasteiger partial charge on any atom is 0.414 e. The summed E-state index contributed by atoms with van der Waals surface area (Å²) in [4.78, 5) is 23.6. The molecule has 4 unspecified atom stereocenters. The average Bonchev–Trinajstić information content (AvgIpc) is 3.54. The summed E-state index contributed by atoms with van der Waals surface area (Å²) in [5.41, 5.74) is 2.92. The Hall–Kier alpha value is -4.16. The van der Waals surface area contributed by atoms with Gasteiger partial charge in [0, 0.05) is 12.6 Å². The number of aliphatic carboxylic acids is 1. The number of carboxylic acid groups (broad SMARTS) is 1. The van der Waals surface area contributed by atoms with E-state index in [1.165, 1.54) is 0 Å². The molecular weight excluding hydrogens is 448 g/mol. The smallest absolute Gasteiger partial charge is 0.414 e. The predicted molar refractivity (Wildman–Crippen MR) is 127 cm³/mol. The van der Waals surface area contributed by atoms with Gasteiger partial charge >= 0.3 is 12.1 Å². The SMILES string of the molecule is CC(OC(=O)Nc1onc(C#N)c1-c1ccc(CNC2CC2C(C)C(=O)O)cc1)c1ccccc1. The highest BCUT2D eigenvalue weighted by atomic mass is 16.6. The van der Waals surface area contributed by atoms with E-state index in [0.29, 0.717) is 17.7 Å². The lowest BCUT2D eigenvalue weighted by molar-refractivity contribution is -0.141. The number of carboxylic acids is 1. The summed E-state index contributed by atoms with van der Waals surface area (Å²) in [6, 6.07) is 18.9. The molecule has 1 amide bonds. The molecule has 2 aromatic carbocycles. The minimum Gasteiger partial charge on any atom is -0.481 e. The van der Waals surface area contributed by atoms with Crippen LogP contribution in [0.5, 0.6) is 0 Å². The molecule has 1 aliphatic rings. The van der Waals surface area contributed by atoms with E-state index in [0.717, 1.165) is 17.5 Å². The van der Waals surface area contributed by atoms with E-state index < -0.39 is 18.2 Å². The van der Waals surface area contributed by atoms with Crippen molar-refractivity contribution < 1.29 is 24.0 Å². The number of nitrogens with one attached hydrogen (secondary N) is 2. The van der Waals surface area contributed by atoms with E-state index in [1.807, 2.05) is 60.7 Å². The molecule has 9 nitrogen and oxygen atoms in total. The molecular formula is C26H26N4O5. The maximum absolute atomic E-state index is 12.5. The van der Waals surface area contributed by atoms with Crippen molar-refractivity contribution in [3.05, 3.63) is 71.4 Å². The molecule has 9 heteroatoms. The summed E-state index contributed by atoms with van der Waals surface area (Å²) in [5.74, 6) is -0.948. The van der Waals surface area contributed by atoms with E-state index in [-0.39, 0.29) is 29.5 Å². The van der Waals surface area contributed by atoms with Crippen LogP contribution in [0, 0.1) is 23.2 Å². The molecule has 180 valence electrons. The first kappa shape index (κ1) is 24.0. The molecule has 0 spiro atoms. The van der Waals surface area contributed by atoms with Crippen molar-refractivity contribution in [3.8, 4) is 17.2 Å². The average molecular weight is 475 g/mol. The summed E-state index contributed by atoms with van der Waals surface area (Å²) in [6.45, 7) is 4.09. The number of nitriles is 1. The van der Waals surface area contributed by atoms with E-state index in [9.17, 15) is 14.9 Å². The number of ether oxygens (including phenoxy) is 1. The van der Waals surface area contributed by atoms with Gasteiger partial charge in [-0.1, -0.05) is 66.7 Å². The third-order valence-corrected chi connectivity index (χ3v) is 6.25. The number of anilines is 1. The highest BCUT2D eigenvalue weighted by Gasteiger charge is 2.43. The number of rotatable bonds is 9. The van der Waals surface area contributed by atoms with Gasteiger partial charge in [-0.2, -0.15) is 5.26 Å². The van der Waals surface area contributed by atoms with Crippen LogP contribution in [0.4, 0.5) is 10.7 Å². The second-order valence-electron chi connectivity index (χ2n) is 8.64. The standard InChI is InChI=1S/C26H26N4O5/c1-15(25(31)32)20-12-21(20)28-14-17-8-10-19(11-9-17)23-22(13-27)30-35-24(23)29-26(33)34-16(2)18-6-4-3-5-7-18/h3-11,15-16,20-21,28H,12,14H2,1-2H3,(H,29,33)(H,31,32). The van der Waals surface area contributed by atoms with Crippen molar-refractivity contribution in [2.75, 3.05) is 5.32 Å². The Morgan fingerprint density at radius 2 is 1.91 bits per heavy atom. The Morgan fingerprint density at radius 1 is 1.20 bits per heavy atom. The normalized spacial score (nSPS) is 18.2. The summed E-state index contributed by atoms with van der Waals surface area (Å²) in [6.07, 6.45) is -0.348. The number of benzene rings is 2. The maximum atomic E-state index is 12.5. The van der Waals surface area contributed by atoms with Gasteiger partial charge in [-0.25, -0.2) is 4.79 Å². The molecule has 0 saturated heterocycles. The van der Waals surface area contributed by atoms with Crippen LogP contribution in [-0.2, 0) is 16.1 Å². The molecule has 3 N–H and O–H groups in total. The van der Waals surface area contributed by atoms with E-state index >= 15 is 0 Å². The number of hydrogen-bond donors (Lipinski definition) is 3. The molecule has 4 atom stereocenters. The first-order valence-corrected chi connectivity index (χ1v) is 11.3. The second-order valence-corrected chi connectivity index (χ2v) is 8.64. The summed E-state index contributed by atoms with van der Waals surface area (Å²) in [5, 5.41) is 28.3. The first-order chi connectivity index (χ1) is 16.9. The number of carbonyl (C=O) groups is 2. The molecule has 1 aliphatic carbocycles. The molecule has 4 rings (SSSR count). The predicted octanol–water partition coefficient (Wildman–Crippen LogP) is 4.72. The minimum absolute atomic E-state index is 0.0289. The fraction of sp³-hybridized carbons (Fsp3) is 0.308. The largest absolute Gasteiger partial charge is 0.481 e. The van der Waals surface area contributed by atoms with Gasteiger partial charge in [0.2, 0.25) is 5.88 Å². The molecule has 1 fully saturated rings. The van der Waals surface area contributed by atoms with Crippen LogP contribution < -0.4 is 10.6 Å². The Kier molecular flexibility index (Phi) is 7.13. The molecule has 0 aliphatic heterocycles. The van der Waals surface area contributed by atoms with Crippen molar-refractivity contribution in [3.63, 3.8) is 0 Å². The Labute approximate surface area is 202 Å². The lowest BCUT2D eigenvalue weighted by Gasteiger charge is -2.13. The minimum atomic E-state index is -0.770. The van der Waals surface area contributed by atoms with Crippen molar-refractivity contribution in [2.24, 2.45) is 11.8 Å². The number of carbonyl (C=O) groups excluding carboxylic acids is 1. The zero-order chi connectivity index (χ0) is 24.9. The topological polar surface area (TPSA) is 137 Å². The van der Waals surface area contributed by atoms with E-state index in [4.69, 9.17) is 14.4 Å². The van der Waals surface area contributed by atoms with Crippen molar-refractivity contribution >= 4 is 17.9 Å². The third kappa shape index (κ3) is 5.67. The number of amides is 1. The van der Waals surface area contributed by atoms with Crippen LogP contribution in [0.25, 0.3) is 11.1 Å². The van der Waals surface area contributed by atoms with Gasteiger partial charge in [-0.3, -0.25) is 10.1 Å². The van der Waals surface area contributed by atoms with Crippen LogP contribution >= 0.6 is 0 Å². The van der Waals surface area contributed by atoms with Crippen LogP contribution in [0.2, 0.25) is 0 Å². The molecule has 0 radical (unpaired) electrons. The summed E-state index contributed by atoms with van der Waals surface area (Å²) in [7, 11) is 0. The summed E-state index contributed by atoms with van der Waals surface area (Å²) < 4.78 is 10.7. The first-order valence-electron chi connectivity index (χ1n) is 11.3. The van der Waals surface area contributed by atoms with Crippen LogP contribution in [0.1, 0.15) is 43.2 Å². The van der Waals surface area contributed by atoms with Crippen molar-refractivity contribution in [1.29, 1.82) is 5.26 Å². The molecule has 1 heterocycles. The van der Waals surface area contributed by atoms with Gasteiger partial charge in [0.15, 0.2) is 5.69 Å². The zero-order valence-corrected chi connectivity index (χ0v) is 19.4. The van der Waals surface area contributed by atoms with Crippen molar-refractivity contribution in [2.45, 2.75) is 39.0 Å². The van der Waals surface area contributed by atoms with Gasteiger partial charge in [-0.05, 0) is 36.0 Å². The highest BCUT2D eigenvalue weighted by Crippen LogP contribution is 2.38. The van der Waals surface area contributed by atoms with Gasteiger partial charge in [0.05, 0.1) is 11.5 Å². The van der Waals surface area contributed by atoms with Gasteiger partial charge in [-0.15, -0.1) is 0 Å². The molecule has 0 bridgehead atoms. The quantitative estimate of drug-likeness (QED) is 0.405. The van der Waals surface area contributed by atoms with E-state index in [2.05, 4.69) is 15.8 Å². The molecule has 1 saturated carbocycles. The van der Waals surface area contributed by atoms with Crippen molar-refractivity contribution in [1.82, 2.24) is 10.5 Å². The second kappa shape index (κ2) is 10.4. The lowest BCUT2D eigenvalue weighted by Crippen LogP contribution is -2.22. The van der Waals surface area contributed by atoms with Crippen LogP contribution in [0.15, 0.2) is 59.1 Å². The van der Waals surface area contributed by atoms with E-state index in [1.54, 1.807) is 13.8 Å². The number of nitrogens with zero attached hydrogens (tertiary/aromatic N) is 2. The van der Waals surface area contributed by atoms with Crippen LogP contribution in [-0.4, -0.2) is 28.4 Å². The fourth-order valence-corrected chi connectivity index (χ4v) is 4.02. The van der Waals surface area contributed by atoms with Gasteiger partial charge < -0.3 is 19.7 Å². The monoisotopic (exact) mass is 474 g/mol. The summed E-state index contributed by atoms with van der Waals surface area (Å²) >= 11 is 0. The Balaban J connectivity index is 1.40. The van der Waals surface area contributed by atoms with Gasteiger partial charge in [0.1, 0.15) is 12.2 Å². The fourth-order valence-electron chi connectivity index (χ4n) is 4.02. The molecule has 35 heavy (non-hydrogen) atoms. The number of hydrogen-bond acceptors (Lipinski definition) is 7. The number of aromatic nitrogens is 1. The van der Waals surface area contributed by atoms with Gasteiger partial charge in [0.25, 0.3) is 0 Å².